The lowest BCUT2D eigenvalue weighted by Gasteiger charge is -2.42. The number of hydrogen-bond donors (Lipinski definition) is 2. The molecule has 1 spiro atoms. The molecule has 0 bridgehead atoms. The van der Waals surface area contributed by atoms with Gasteiger partial charge in [0, 0.05) is 43.3 Å². The van der Waals surface area contributed by atoms with Crippen LogP contribution < -0.4 is 10.6 Å². The van der Waals surface area contributed by atoms with Crippen molar-refractivity contribution in [2.75, 3.05) is 32.8 Å². The van der Waals surface area contributed by atoms with Crippen molar-refractivity contribution >= 4 is 34.2 Å². The number of amides is 2. The summed E-state index contributed by atoms with van der Waals surface area (Å²) in [6.45, 7) is 4.18. The second kappa shape index (κ2) is 9.74. The second-order valence-corrected chi connectivity index (χ2v) is 9.55. The van der Waals surface area contributed by atoms with Gasteiger partial charge in [-0.2, -0.15) is 0 Å². The molecule has 7 heteroatoms. The first kappa shape index (κ1) is 22.8. The van der Waals surface area contributed by atoms with Crippen LogP contribution in [0.3, 0.4) is 0 Å². The fraction of sp³-hybridized carbons (Fsp3) is 0.333. The van der Waals surface area contributed by atoms with E-state index in [0.29, 0.717) is 25.3 Å². The van der Waals surface area contributed by atoms with Crippen molar-refractivity contribution in [2.24, 2.45) is 0 Å². The van der Waals surface area contributed by atoms with Crippen LogP contribution in [0.25, 0.3) is 10.8 Å². The Bertz CT molecular complexity index is 1210. The minimum atomic E-state index is -0.482. The van der Waals surface area contributed by atoms with E-state index in [0.717, 1.165) is 53.8 Å². The van der Waals surface area contributed by atoms with E-state index >= 15 is 0 Å². The third kappa shape index (κ3) is 4.53. The Kier molecular flexibility index (Phi) is 6.55. The number of nitrogens with zero attached hydrogens (tertiary/aromatic N) is 2. The van der Waals surface area contributed by atoms with E-state index < -0.39 is 5.54 Å². The first-order valence-corrected chi connectivity index (χ1v) is 12.2. The van der Waals surface area contributed by atoms with Crippen molar-refractivity contribution in [1.29, 1.82) is 0 Å². The second-order valence-electron chi connectivity index (χ2n) is 9.14. The van der Waals surface area contributed by atoms with Gasteiger partial charge < -0.3 is 15.5 Å². The van der Waals surface area contributed by atoms with Crippen molar-refractivity contribution in [3.05, 3.63) is 82.9 Å². The van der Waals surface area contributed by atoms with Gasteiger partial charge in [-0.05, 0) is 47.4 Å². The molecule has 2 heterocycles. The van der Waals surface area contributed by atoms with Gasteiger partial charge in [0.2, 0.25) is 5.91 Å². The Hall–Kier alpha value is -2.93. The van der Waals surface area contributed by atoms with Crippen LogP contribution in [0.4, 0.5) is 0 Å². The molecule has 3 aromatic carbocycles. The van der Waals surface area contributed by atoms with E-state index in [2.05, 4.69) is 20.4 Å². The van der Waals surface area contributed by atoms with Gasteiger partial charge in [0.25, 0.3) is 5.91 Å². The molecule has 2 amide bonds. The highest BCUT2D eigenvalue weighted by Gasteiger charge is 2.49. The molecular weight excluding hydrogens is 448 g/mol. The molecule has 0 aliphatic carbocycles. The van der Waals surface area contributed by atoms with Gasteiger partial charge in [0.15, 0.2) is 0 Å². The lowest BCUT2D eigenvalue weighted by Crippen LogP contribution is -2.56. The Labute approximate surface area is 204 Å². The summed E-state index contributed by atoms with van der Waals surface area (Å²) < 4.78 is 0. The van der Waals surface area contributed by atoms with Crippen LogP contribution in [0.5, 0.6) is 0 Å². The van der Waals surface area contributed by atoms with Gasteiger partial charge in [-0.1, -0.05) is 60.1 Å². The molecule has 2 aliphatic rings. The highest BCUT2D eigenvalue weighted by atomic mass is 35.5. The van der Waals surface area contributed by atoms with E-state index in [1.807, 2.05) is 66.7 Å². The zero-order chi connectivity index (χ0) is 23.5. The molecule has 2 aliphatic heterocycles. The van der Waals surface area contributed by atoms with Crippen LogP contribution in [0, 0.1) is 0 Å². The molecule has 176 valence electrons. The smallest absolute Gasteiger partial charge is 0.251 e. The number of nitrogens with one attached hydrogen (secondary N) is 2. The summed E-state index contributed by atoms with van der Waals surface area (Å²) in [6, 6.07) is 21.6. The average molecular weight is 477 g/mol. The SMILES string of the molecule is O=C(NCCN1CCC2(CC1)C(=O)NCN2Cc1ccccc1Cl)c1ccc2ccccc2c1. The van der Waals surface area contributed by atoms with Gasteiger partial charge in [0.05, 0.1) is 6.67 Å². The number of piperidine rings is 1. The van der Waals surface area contributed by atoms with Gasteiger partial charge in [0.1, 0.15) is 5.54 Å². The van der Waals surface area contributed by atoms with Crippen LogP contribution in [0.15, 0.2) is 66.7 Å². The van der Waals surface area contributed by atoms with Crippen molar-refractivity contribution in [3.63, 3.8) is 0 Å². The van der Waals surface area contributed by atoms with Gasteiger partial charge in [-0.15, -0.1) is 0 Å². The molecule has 2 saturated heterocycles. The Morgan fingerprint density at radius 2 is 1.74 bits per heavy atom. The number of hydrogen-bond acceptors (Lipinski definition) is 4. The Morgan fingerprint density at radius 1 is 1.00 bits per heavy atom. The number of benzene rings is 3. The number of likely N-dealkylation sites (tertiary alicyclic amines) is 1. The van der Waals surface area contributed by atoms with Crippen LogP contribution >= 0.6 is 11.6 Å². The van der Waals surface area contributed by atoms with Crippen molar-refractivity contribution in [3.8, 4) is 0 Å². The zero-order valence-electron chi connectivity index (χ0n) is 19.1. The molecule has 5 rings (SSSR count). The summed E-state index contributed by atoms with van der Waals surface area (Å²) in [7, 11) is 0. The number of carbonyl (C=O) groups excluding carboxylic acids is 2. The number of halogens is 1. The molecular formula is C27H29ClN4O2. The number of rotatable bonds is 6. The van der Waals surface area contributed by atoms with Crippen molar-refractivity contribution in [2.45, 2.75) is 24.9 Å². The molecule has 34 heavy (non-hydrogen) atoms. The van der Waals surface area contributed by atoms with Crippen molar-refractivity contribution in [1.82, 2.24) is 20.4 Å². The van der Waals surface area contributed by atoms with Gasteiger partial charge in [-0.3, -0.25) is 14.5 Å². The van der Waals surface area contributed by atoms with E-state index in [-0.39, 0.29) is 11.8 Å². The lowest BCUT2D eigenvalue weighted by molar-refractivity contribution is -0.129. The number of carbonyl (C=O) groups is 2. The molecule has 3 aromatic rings. The standard InChI is InChI=1S/C27H29ClN4O2/c28-24-8-4-3-7-23(24)18-32-19-30-26(34)27(32)11-14-31(15-12-27)16-13-29-25(33)22-10-9-20-5-1-2-6-21(20)17-22/h1-10,17H,11-16,18-19H2,(H,29,33)(H,30,34). The monoisotopic (exact) mass is 476 g/mol. The minimum absolute atomic E-state index is 0.0553. The van der Waals surface area contributed by atoms with E-state index in [1.165, 1.54) is 0 Å². The third-order valence-corrected chi connectivity index (χ3v) is 7.55. The largest absolute Gasteiger partial charge is 0.351 e. The van der Waals surface area contributed by atoms with Crippen molar-refractivity contribution < 1.29 is 9.59 Å². The summed E-state index contributed by atoms with van der Waals surface area (Å²) in [5.74, 6) is 0.0594. The fourth-order valence-corrected chi connectivity index (χ4v) is 5.31. The topological polar surface area (TPSA) is 64.7 Å². The van der Waals surface area contributed by atoms with E-state index in [4.69, 9.17) is 11.6 Å². The normalized spacial score (nSPS) is 18.3. The summed E-state index contributed by atoms with van der Waals surface area (Å²) in [6.07, 6.45) is 1.53. The maximum Gasteiger partial charge on any atom is 0.251 e. The zero-order valence-corrected chi connectivity index (χ0v) is 19.9. The van der Waals surface area contributed by atoms with Crippen LogP contribution in [0.2, 0.25) is 5.02 Å². The van der Waals surface area contributed by atoms with Crippen LogP contribution in [0.1, 0.15) is 28.8 Å². The predicted molar refractivity (Wildman–Crippen MR) is 135 cm³/mol. The van der Waals surface area contributed by atoms with Gasteiger partial charge >= 0.3 is 0 Å². The van der Waals surface area contributed by atoms with Crippen LogP contribution in [-0.4, -0.2) is 60.0 Å². The molecule has 0 saturated carbocycles. The maximum absolute atomic E-state index is 12.8. The third-order valence-electron chi connectivity index (χ3n) is 7.19. The van der Waals surface area contributed by atoms with Gasteiger partial charge in [-0.25, -0.2) is 0 Å². The first-order chi connectivity index (χ1) is 16.5. The molecule has 6 nitrogen and oxygen atoms in total. The quantitative estimate of drug-likeness (QED) is 0.570. The summed E-state index contributed by atoms with van der Waals surface area (Å²) >= 11 is 6.37. The molecule has 0 atom stereocenters. The molecule has 0 radical (unpaired) electrons. The van der Waals surface area contributed by atoms with Crippen LogP contribution in [-0.2, 0) is 11.3 Å². The van der Waals surface area contributed by atoms with E-state index in [1.54, 1.807) is 0 Å². The molecule has 2 fully saturated rings. The summed E-state index contributed by atoms with van der Waals surface area (Å²) in [4.78, 5) is 30.0. The molecule has 0 unspecified atom stereocenters. The Morgan fingerprint density at radius 3 is 2.53 bits per heavy atom. The van der Waals surface area contributed by atoms with E-state index in [9.17, 15) is 9.59 Å². The summed E-state index contributed by atoms with van der Waals surface area (Å²) in [5, 5.41) is 9.01. The number of fused-ring (bicyclic) bond motifs is 1. The highest BCUT2D eigenvalue weighted by molar-refractivity contribution is 6.31. The molecule has 0 aromatic heterocycles. The lowest BCUT2D eigenvalue weighted by atomic mass is 9.85. The maximum atomic E-state index is 12.8. The Balaban J connectivity index is 1.14. The predicted octanol–water partition coefficient (Wildman–Crippen LogP) is 3.65. The minimum Gasteiger partial charge on any atom is -0.351 e. The fourth-order valence-electron chi connectivity index (χ4n) is 5.12. The highest BCUT2D eigenvalue weighted by Crippen LogP contribution is 2.34. The first-order valence-electron chi connectivity index (χ1n) is 11.8. The average Bonchev–Trinajstić information content (AvgIpc) is 3.15. The summed E-state index contributed by atoms with van der Waals surface area (Å²) in [5.41, 5.74) is 1.23. The molecule has 2 N–H and O–H groups in total.